The Bertz CT molecular complexity index is 241. The van der Waals surface area contributed by atoms with E-state index in [0.717, 1.165) is 12.0 Å². The summed E-state index contributed by atoms with van der Waals surface area (Å²) in [4.78, 5) is 2.71. The second-order valence-electron chi connectivity index (χ2n) is 7.17. The minimum atomic E-state index is 0.484. The van der Waals surface area contributed by atoms with Crippen molar-refractivity contribution in [1.82, 2.24) is 10.2 Å². The maximum Gasteiger partial charge on any atom is 0.00684 e. The molecule has 0 aromatic rings. The lowest BCUT2D eigenvalue weighted by Gasteiger charge is -2.39. The van der Waals surface area contributed by atoms with Gasteiger partial charge in [0.25, 0.3) is 0 Å². The Morgan fingerprint density at radius 3 is 2.39 bits per heavy atom. The zero-order valence-electron chi connectivity index (χ0n) is 12.7. The number of piperidine rings is 1. The SMILES string of the molecule is CCCC(C)(CNC1CC1)CN1CCC(C)CC1. The molecule has 0 amide bonds. The van der Waals surface area contributed by atoms with Gasteiger partial charge in [0.15, 0.2) is 0 Å². The molecule has 2 fully saturated rings. The lowest BCUT2D eigenvalue weighted by Crippen LogP contribution is -2.45. The van der Waals surface area contributed by atoms with E-state index in [9.17, 15) is 0 Å². The van der Waals surface area contributed by atoms with Crippen LogP contribution in [0, 0.1) is 11.3 Å². The summed E-state index contributed by atoms with van der Waals surface area (Å²) >= 11 is 0. The van der Waals surface area contributed by atoms with Crippen LogP contribution in [0.4, 0.5) is 0 Å². The van der Waals surface area contributed by atoms with Crippen molar-refractivity contribution in [2.24, 2.45) is 11.3 Å². The standard InChI is InChI=1S/C16H32N2/c1-4-9-16(3,12-17-15-5-6-15)13-18-10-7-14(2)8-11-18/h14-15,17H,4-13H2,1-3H3. The maximum absolute atomic E-state index is 3.75. The summed E-state index contributed by atoms with van der Waals surface area (Å²) in [5.41, 5.74) is 0.484. The highest BCUT2D eigenvalue weighted by atomic mass is 15.1. The molecule has 1 heterocycles. The summed E-state index contributed by atoms with van der Waals surface area (Å²) in [5, 5.41) is 3.75. The van der Waals surface area contributed by atoms with Crippen LogP contribution in [0.5, 0.6) is 0 Å². The third kappa shape index (κ3) is 4.55. The molecule has 0 spiro atoms. The Morgan fingerprint density at radius 1 is 1.17 bits per heavy atom. The molecule has 1 N–H and O–H groups in total. The first kappa shape index (κ1) is 14.3. The van der Waals surface area contributed by atoms with Crippen LogP contribution < -0.4 is 5.32 Å². The molecule has 2 aliphatic rings. The van der Waals surface area contributed by atoms with Crippen LogP contribution in [0.1, 0.15) is 59.3 Å². The molecule has 0 aromatic heterocycles. The van der Waals surface area contributed by atoms with Gasteiger partial charge < -0.3 is 10.2 Å². The summed E-state index contributed by atoms with van der Waals surface area (Å²) in [5.74, 6) is 0.947. The molecule has 0 bridgehead atoms. The lowest BCUT2D eigenvalue weighted by atomic mass is 9.84. The van der Waals surface area contributed by atoms with Crippen molar-refractivity contribution >= 4 is 0 Å². The molecule has 106 valence electrons. The average Bonchev–Trinajstić information content (AvgIpc) is 3.14. The summed E-state index contributed by atoms with van der Waals surface area (Å²) in [6.07, 6.45) is 8.29. The number of hydrogen-bond acceptors (Lipinski definition) is 2. The zero-order valence-corrected chi connectivity index (χ0v) is 12.7. The van der Waals surface area contributed by atoms with Crippen LogP contribution in [0.2, 0.25) is 0 Å². The fraction of sp³-hybridized carbons (Fsp3) is 1.00. The van der Waals surface area contributed by atoms with Crippen molar-refractivity contribution in [2.75, 3.05) is 26.2 Å². The van der Waals surface area contributed by atoms with Gasteiger partial charge in [-0.3, -0.25) is 0 Å². The third-order valence-corrected chi connectivity index (χ3v) is 4.73. The van der Waals surface area contributed by atoms with Crippen LogP contribution in [-0.2, 0) is 0 Å². The summed E-state index contributed by atoms with van der Waals surface area (Å²) in [7, 11) is 0. The van der Waals surface area contributed by atoms with E-state index < -0.39 is 0 Å². The van der Waals surface area contributed by atoms with E-state index in [1.807, 2.05) is 0 Å². The zero-order chi connectivity index (χ0) is 13.0. The molecule has 2 rings (SSSR count). The van der Waals surface area contributed by atoms with Gasteiger partial charge in [0, 0.05) is 19.1 Å². The summed E-state index contributed by atoms with van der Waals surface area (Å²) in [6.45, 7) is 12.4. The molecule has 1 saturated heterocycles. The third-order valence-electron chi connectivity index (χ3n) is 4.73. The average molecular weight is 252 g/mol. The number of rotatable bonds is 7. The van der Waals surface area contributed by atoms with Gasteiger partial charge in [-0.1, -0.05) is 27.2 Å². The second kappa shape index (κ2) is 6.38. The van der Waals surface area contributed by atoms with Crippen LogP contribution >= 0.6 is 0 Å². The highest BCUT2D eigenvalue weighted by Gasteiger charge is 2.30. The molecule has 1 unspecified atom stereocenters. The van der Waals surface area contributed by atoms with Gasteiger partial charge in [0.1, 0.15) is 0 Å². The van der Waals surface area contributed by atoms with Gasteiger partial charge >= 0.3 is 0 Å². The van der Waals surface area contributed by atoms with E-state index in [2.05, 4.69) is 31.0 Å². The van der Waals surface area contributed by atoms with Crippen molar-refractivity contribution in [3.05, 3.63) is 0 Å². The van der Waals surface area contributed by atoms with Crippen LogP contribution in [0.25, 0.3) is 0 Å². The van der Waals surface area contributed by atoms with Crippen LogP contribution in [0.3, 0.4) is 0 Å². The first-order chi connectivity index (χ1) is 8.61. The van der Waals surface area contributed by atoms with Crippen molar-refractivity contribution < 1.29 is 0 Å². The molecule has 2 nitrogen and oxygen atoms in total. The second-order valence-corrected chi connectivity index (χ2v) is 7.17. The quantitative estimate of drug-likeness (QED) is 0.748. The van der Waals surface area contributed by atoms with Crippen molar-refractivity contribution in [3.63, 3.8) is 0 Å². The van der Waals surface area contributed by atoms with Gasteiger partial charge in [0.05, 0.1) is 0 Å². The van der Waals surface area contributed by atoms with E-state index in [0.29, 0.717) is 5.41 Å². The Morgan fingerprint density at radius 2 is 1.83 bits per heavy atom. The Labute approximate surface area is 114 Å². The topological polar surface area (TPSA) is 15.3 Å². The monoisotopic (exact) mass is 252 g/mol. The van der Waals surface area contributed by atoms with Gasteiger partial charge in [-0.2, -0.15) is 0 Å². The Balaban J connectivity index is 1.79. The van der Waals surface area contributed by atoms with Crippen molar-refractivity contribution in [1.29, 1.82) is 0 Å². The summed E-state index contributed by atoms with van der Waals surface area (Å²) < 4.78 is 0. The fourth-order valence-electron chi connectivity index (χ4n) is 3.27. The Kier molecular flexibility index (Phi) is 5.08. The minimum absolute atomic E-state index is 0.484. The van der Waals surface area contributed by atoms with E-state index in [1.165, 1.54) is 64.7 Å². The van der Waals surface area contributed by atoms with E-state index in [4.69, 9.17) is 0 Å². The predicted octanol–water partition coefficient (Wildman–Crippen LogP) is 3.28. The summed E-state index contributed by atoms with van der Waals surface area (Å²) in [6, 6.07) is 0.850. The smallest absolute Gasteiger partial charge is 0.00684 e. The number of hydrogen-bond donors (Lipinski definition) is 1. The van der Waals surface area contributed by atoms with E-state index >= 15 is 0 Å². The highest BCUT2D eigenvalue weighted by molar-refractivity contribution is 4.87. The highest BCUT2D eigenvalue weighted by Crippen LogP contribution is 2.28. The van der Waals surface area contributed by atoms with E-state index in [-0.39, 0.29) is 0 Å². The molecule has 1 aliphatic carbocycles. The number of likely N-dealkylation sites (tertiary alicyclic amines) is 1. The fourth-order valence-corrected chi connectivity index (χ4v) is 3.27. The molecular weight excluding hydrogens is 220 g/mol. The number of nitrogens with zero attached hydrogens (tertiary/aromatic N) is 1. The molecule has 1 atom stereocenters. The molecule has 1 aliphatic heterocycles. The van der Waals surface area contributed by atoms with Crippen molar-refractivity contribution in [2.45, 2.75) is 65.3 Å². The van der Waals surface area contributed by atoms with Gasteiger partial charge in [-0.05, 0) is 56.5 Å². The van der Waals surface area contributed by atoms with Crippen molar-refractivity contribution in [3.8, 4) is 0 Å². The molecule has 0 aromatic carbocycles. The number of nitrogens with one attached hydrogen (secondary N) is 1. The maximum atomic E-state index is 3.75. The molecule has 2 heteroatoms. The molecule has 18 heavy (non-hydrogen) atoms. The minimum Gasteiger partial charge on any atom is -0.313 e. The van der Waals surface area contributed by atoms with E-state index in [1.54, 1.807) is 0 Å². The molecule has 0 radical (unpaired) electrons. The first-order valence-corrected chi connectivity index (χ1v) is 8.07. The lowest BCUT2D eigenvalue weighted by molar-refractivity contribution is 0.114. The normalized spacial score (nSPS) is 26.2. The largest absolute Gasteiger partial charge is 0.313 e. The van der Waals surface area contributed by atoms with Gasteiger partial charge in [-0.15, -0.1) is 0 Å². The molecule has 1 saturated carbocycles. The van der Waals surface area contributed by atoms with Crippen LogP contribution in [0.15, 0.2) is 0 Å². The van der Waals surface area contributed by atoms with Gasteiger partial charge in [-0.25, -0.2) is 0 Å². The van der Waals surface area contributed by atoms with Crippen LogP contribution in [-0.4, -0.2) is 37.1 Å². The molecular formula is C16H32N2. The Hall–Kier alpha value is -0.0800. The first-order valence-electron chi connectivity index (χ1n) is 8.07. The predicted molar refractivity (Wildman–Crippen MR) is 78.9 cm³/mol. The van der Waals surface area contributed by atoms with Gasteiger partial charge in [0.2, 0.25) is 0 Å².